The molecule has 5 nitrogen and oxygen atoms in total. The Bertz CT molecular complexity index is 1130. The number of hydrogen-bond acceptors (Lipinski definition) is 3. The molecule has 0 aliphatic carbocycles. The van der Waals surface area contributed by atoms with Crippen LogP contribution < -0.4 is 5.56 Å². The SMILES string of the molecule is CC.C[CH-]CCC(C)C(C)N1Cc2c(cccc2-c2nc3[c-]cccc3[nH]c2=O)C1=O.[Y]. The number of aromatic amines is 1. The first-order valence-corrected chi connectivity index (χ1v) is 11.1. The van der Waals surface area contributed by atoms with Crippen LogP contribution in [0, 0.1) is 18.4 Å². The van der Waals surface area contributed by atoms with E-state index in [0.717, 1.165) is 24.0 Å². The van der Waals surface area contributed by atoms with E-state index in [2.05, 4.69) is 43.2 Å². The van der Waals surface area contributed by atoms with Crippen LogP contribution in [0.5, 0.6) is 0 Å². The van der Waals surface area contributed by atoms with Crippen LogP contribution in [0.1, 0.15) is 63.4 Å². The van der Waals surface area contributed by atoms with Gasteiger partial charge in [-0.2, -0.15) is 31.5 Å². The van der Waals surface area contributed by atoms with Crippen LogP contribution in [0.15, 0.2) is 41.2 Å². The Morgan fingerprint density at radius 3 is 2.59 bits per heavy atom. The van der Waals surface area contributed by atoms with Crippen LogP contribution in [-0.4, -0.2) is 26.8 Å². The normalized spacial score (nSPS) is 14.3. The Balaban J connectivity index is 0.00000118. The second-order valence-corrected chi connectivity index (χ2v) is 7.82. The number of amides is 1. The van der Waals surface area contributed by atoms with Gasteiger partial charge in [-0.15, -0.1) is 6.07 Å². The van der Waals surface area contributed by atoms with Crippen LogP contribution >= 0.6 is 0 Å². The Kier molecular flexibility index (Phi) is 9.78. The Hall–Kier alpha value is -1.85. The van der Waals surface area contributed by atoms with Gasteiger partial charge in [0, 0.05) is 56.4 Å². The topological polar surface area (TPSA) is 66.1 Å². The van der Waals surface area contributed by atoms with Gasteiger partial charge in [0.25, 0.3) is 11.5 Å². The molecule has 1 radical (unpaired) electrons. The van der Waals surface area contributed by atoms with Gasteiger partial charge < -0.3 is 16.3 Å². The molecule has 0 fully saturated rings. The smallest absolute Gasteiger partial charge is 0.264 e. The number of carbonyl (C=O) groups is 1. The molecule has 1 N–H and O–H groups in total. The zero-order chi connectivity index (χ0) is 22.5. The molecule has 4 rings (SSSR count). The van der Waals surface area contributed by atoms with Crippen molar-refractivity contribution in [2.24, 2.45) is 5.92 Å². The van der Waals surface area contributed by atoms with E-state index in [1.54, 1.807) is 6.07 Å². The molecule has 1 aromatic heterocycles. The molecule has 2 unspecified atom stereocenters. The molecule has 32 heavy (non-hydrogen) atoms. The average molecular weight is 506 g/mol. The van der Waals surface area contributed by atoms with Gasteiger partial charge in [-0.1, -0.05) is 39.3 Å². The quantitative estimate of drug-likeness (QED) is 0.456. The number of unbranched alkanes of at least 4 members (excludes halogenated alkanes) is 1. The summed E-state index contributed by atoms with van der Waals surface area (Å²) in [6, 6.07) is 14.1. The fourth-order valence-corrected chi connectivity index (χ4v) is 4.03. The van der Waals surface area contributed by atoms with Crippen molar-refractivity contribution in [2.45, 2.75) is 60.0 Å². The second kappa shape index (κ2) is 11.9. The molecule has 2 heterocycles. The fraction of sp³-hybridized carbons (Fsp3) is 0.385. The molecule has 0 saturated heterocycles. The minimum Gasteiger partial charge on any atom is -0.372 e. The van der Waals surface area contributed by atoms with Gasteiger partial charge in [0.2, 0.25) is 0 Å². The molecular weight excluding hydrogens is 475 g/mol. The van der Waals surface area contributed by atoms with Crippen molar-refractivity contribution in [3.05, 3.63) is 70.4 Å². The molecule has 1 amide bonds. The first-order chi connectivity index (χ1) is 15.0. The molecule has 2 atom stereocenters. The summed E-state index contributed by atoms with van der Waals surface area (Å²) < 4.78 is 0. The number of fused-ring (bicyclic) bond motifs is 2. The molecule has 0 saturated carbocycles. The zero-order valence-electron chi connectivity index (χ0n) is 19.6. The number of aromatic nitrogens is 2. The summed E-state index contributed by atoms with van der Waals surface area (Å²) in [4.78, 5) is 35.2. The number of nitrogens with zero attached hydrogens (tertiary/aromatic N) is 2. The minimum atomic E-state index is -0.253. The number of carbonyl (C=O) groups excluding carboxylic acids is 1. The Labute approximate surface area is 215 Å². The first-order valence-electron chi connectivity index (χ1n) is 11.1. The van der Waals surface area contributed by atoms with Crippen LogP contribution in [0.4, 0.5) is 0 Å². The van der Waals surface area contributed by atoms with Crippen LogP contribution in [-0.2, 0) is 39.3 Å². The summed E-state index contributed by atoms with van der Waals surface area (Å²) in [6.45, 7) is 10.9. The van der Waals surface area contributed by atoms with E-state index < -0.39 is 0 Å². The van der Waals surface area contributed by atoms with Gasteiger partial charge >= 0.3 is 0 Å². The summed E-state index contributed by atoms with van der Waals surface area (Å²) in [6.07, 6.45) is 4.25. The Morgan fingerprint density at radius 2 is 1.88 bits per heavy atom. The fourth-order valence-electron chi connectivity index (χ4n) is 4.03. The van der Waals surface area contributed by atoms with E-state index in [1.807, 2.05) is 49.1 Å². The number of H-pyrrole nitrogens is 1. The summed E-state index contributed by atoms with van der Waals surface area (Å²) >= 11 is 0. The molecule has 0 bridgehead atoms. The first kappa shape index (κ1) is 26.4. The second-order valence-electron chi connectivity index (χ2n) is 7.82. The van der Waals surface area contributed by atoms with E-state index in [4.69, 9.17) is 0 Å². The zero-order valence-corrected chi connectivity index (χ0v) is 22.4. The number of hydrogen-bond donors (Lipinski definition) is 1. The van der Waals surface area contributed by atoms with Crippen LogP contribution in [0.2, 0.25) is 0 Å². The number of para-hydroxylation sites is 1. The van der Waals surface area contributed by atoms with E-state index in [0.29, 0.717) is 34.8 Å². The van der Waals surface area contributed by atoms with Crippen molar-refractivity contribution in [2.75, 3.05) is 0 Å². The molecule has 1 aliphatic heterocycles. The van der Waals surface area contributed by atoms with Gasteiger partial charge in [0.15, 0.2) is 0 Å². The number of rotatable bonds is 6. The molecule has 6 heteroatoms. The van der Waals surface area contributed by atoms with Crippen molar-refractivity contribution in [1.82, 2.24) is 14.9 Å². The van der Waals surface area contributed by atoms with Crippen molar-refractivity contribution in [1.29, 1.82) is 0 Å². The molecule has 2 aromatic carbocycles. The average Bonchev–Trinajstić information content (AvgIpc) is 3.14. The van der Waals surface area contributed by atoms with Gasteiger partial charge in [-0.3, -0.25) is 14.6 Å². The van der Waals surface area contributed by atoms with Crippen molar-refractivity contribution in [3.63, 3.8) is 0 Å². The molecule has 0 spiro atoms. The standard InChI is InChI=1S/C24H25N3O2.C2H6.Y/c1-4-5-9-15(2)16(3)27-14-19-17(10-8-11-18(19)24(27)29)22-23(28)26-21-13-7-6-12-20(21)25-22;1-2;/h4,6-8,10-11,13,15-16H,5,9,14H2,1-3H3,(H,26,28);1-2H3;/q-2;;. The largest absolute Gasteiger partial charge is 0.372 e. The van der Waals surface area contributed by atoms with Gasteiger partial charge in [-0.05, 0) is 35.5 Å². The van der Waals surface area contributed by atoms with E-state index in [1.165, 1.54) is 0 Å². The number of benzene rings is 2. The summed E-state index contributed by atoms with van der Waals surface area (Å²) in [5, 5.41) is 0. The van der Waals surface area contributed by atoms with E-state index >= 15 is 0 Å². The molecular formula is C26H31N3O2Y-2. The maximum absolute atomic E-state index is 13.1. The van der Waals surface area contributed by atoms with Crippen molar-refractivity contribution in [3.8, 4) is 11.3 Å². The summed E-state index contributed by atoms with van der Waals surface area (Å²) in [5.41, 5.74) is 3.62. The van der Waals surface area contributed by atoms with Gasteiger partial charge in [-0.25, -0.2) is 0 Å². The third-order valence-electron chi connectivity index (χ3n) is 6.00. The monoisotopic (exact) mass is 506 g/mol. The molecule has 3 aromatic rings. The summed E-state index contributed by atoms with van der Waals surface area (Å²) in [7, 11) is 0. The van der Waals surface area contributed by atoms with Crippen LogP contribution in [0.3, 0.4) is 0 Å². The maximum Gasteiger partial charge on any atom is 0.264 e. The molecule has 1 aliphatic rings. The van der Waals surface area contributed by atoms with Crippen LogP contribution in [0.25, 0.3) is 22.3 Å². The van der Waals surface area contributed by atoms with E-state index in [-0.39, 0.29) is 50.2 Å². The summed E-state index contributed by atoms with van der Waals surface area (Å²) in [5.74, 6) is 0.426. The molecule has 167 valence electrons. The van der Waals surface area contributed by atoms with Gasteiger partial charge in [0.05, 0.1) is 0 Å². The maximum atomic E-state index is 13.1. The Morgan fingerprint density at radius 1 is 1.16 bits per heavy atom. The minimum absolute atomic E-state index is 0. The van der Waals surface area contributed by atoms with Crippen molar-refractivity contribution < 1.29 is 37.5 Å². The third-order valence-corrected chi connectivity index (χ3v) is 6.00. The van der Waals surface area contributed by atoms with E-state index in [9.17, 15) is 9.59 Å². The predicted octanol–water partition coefficient (Wildman–Crippen LogP) is 5.40. The third kappa shape index (κ3) is 5.20. The van der Waals surface area contributed by atoms with Gasteiger partial charge in [0.1, 0.15) is 5.69 Å². The predicted molar refractivity (Wildman–Crippen MR) is 126 cm³/mol. The number of nitrogens with one attached hydrogen (secondary N) is 1. The van der Waals surface area contributed by atoms with Crippen molar-refractivity contribution >= 4 is 16.9 Å².